The van der Waals surface area contributed by atoms with E-state index in [1.807, 2.05) is 6.07 Å². The van der Waals surface area contributed by atoms with E-state index in [1.165, 1.54) is 42.6 Å². The van der Waals surface area contributed by atoms with Gasteiger partial charge in [0.25, 0.3) is 10.1 Å². The van der Waals surface area contributed by atoms with Crippen molar-refractivity contribution in [1.29, 1.82) is 0 Å². The average molecular weight is 1050 g/mol. The summed E-state index contributed by atoms with van der Waals surface area (Å²) in [4.78, 5) is 122. The number of H-pyrrole nitrogens is 1. The van der Waals surface area contributed by atoms with Crippen molar-refractivity contribution in [3.8, 4) is 0 Å². The number of carbonyl (C=O) groups is 9. The van der Waals surface area contributed by atoms with Crippen molar-refractivity contribution >= 4 is 97.7 Å². The van der Waals surface area contributed by atoms with Gasteiger partial charge in [-0.2, -0.15) is 31.9 Å². The van der Waals surface area contributed by atoms with Crippen LogP contribution < -0.4 is 48.7 Å². The zero-order valence-corrected chi connectivity index (χ0v) is 42.2. The number of fused-ring (bicyclic) bond motifs is 1. The highest BCUT2D eigenvalue weighted by atomic mass is 32.2. The second kappa shape index (κ2) is 28.2. The Labute approximate surface area is 424 Å². The van der Waals surface area contributed by atoms with Gasteiger partial charge in [-0.3, -0.25) is 47.7 Å². The highest BCUT2D eigenvalue weighted by molar-refractivity contribution is 7.98. The molecule has 6 atom stereocenters. The summed E-state index contributed by atoms with van der Waals surface area (Å²) in [5.41, 5.74) is 13.5. The van der Waals surface area contributed by atoms with Gasteiger partial charge in [-0.1, -0.05) is 60.7 Å². The quantitative estimate of drug-likeness (QED) is 0.0302. The van der Waals surface area contributed by atoms with E-state index in [2.05, 4.69) is 42.2 Å². The number of primary amides is 2. The van der Waals surface area contributed by atoms with Crippen LogP contribution in [-0.2, 0) is 72.5 Å². The number of para-hydroxylation sites is 1. The van der Waals surface area contributed by atoms with Gasteiger partial charge in [-0.15, -0.1) is 0 Å². The van der Waals surface area contributed by atoms with Gasteiger partial charge >= 0.3 is 0 Å². The zero-order valence-electron chi connectivity index (χ0n) is 39.7. The van der Waals surface area contributed by atoms with E-state index in [0.29, 0.717) is 28.2 Å². The lowest BCUT2D eigenvalue weighted by molar-refractivity contribution is -0.135. The summed E-state index contributed by atoms with van der Waals surface area (Å²) in [6, 6.07) is 12.9. The summed E-state index contributed by atoms with van der Waals surface area (Å²) in [6.45, 7) is 0.512. The Bertz CT molecular complexity index is 2670. The maximum absolute atomic E-state index is 14.3. The Hall–Kier alpha value is -6.96. The van der Waals surface area contributed by atoms with Crippen LogP contribution >= 0.6 is 23.5 Å². The lowest BCUT2D eigenvalue weighted by atomic mass is 10.0. The van der Waals surface area contributed by atoms with Gasteiger partial charge in [0.1, 0.15) is 36.3 Å². The Morgan fingerprint density at radius 1 is 0.597 bits per heavy atom. The van der Waals surface area contributed by atoms with Gasteiger partial charge in [0.2, 0.25) is 53.2 Å². The number of amides is 9. The highest BCUT2D eigenvalue weighted by Crippen LogP contribution is 2.20. The molecule has 0 unspecified atom stereocenters. The number of aromatic amines is 1. The fourth-order valence-electron chi connectivity index (χ4n) is 7.33. The number of benzene rings is 3. The first-order valence-electron chi connectivity index (χ1n) is 22.5. The van der Waals surface area contributed by atoms with Gasteiger partial charge in [0, 0.05) is 43.3 Å². The first-order valence-corrected chi connectivity index (χ1v) is 26.7. The molecular weight excluding hydrogens is 993 g/mol. The van der Waals surface area contributed by atoms with Crippen LogP contribution in [0.1, 0.15) is 42.9 Å². The molecule has 0 aliphatic heterocycles. The Morgan fingerprint density at radius 2 is 1.10 bits per heavy atom. The van der Waals surface area contributed by atoms with Crippen molar-refractivity contribution in [3.63, 3.8) is 0 Å². The maximum Gasteiger partial charge on any atom is 0.294 e. The van der Waals surface area contributed by atoms with Crippen LogP contribution in [0.2, 0.25) is 0 Å². The molecule has 9 amide bonds. The number of nitrogens with two attached hydrogens (primary N) is 2. The lowest BCUT2D eigenvalue weighted by Crippen LogP contribution is -2.59. The minimum absolute atomic E-state index is 0.0114. The molecule has 0 radical (unpaired) electrons. The summed E-state index contributed by atoms with van der Waals surface area (Å²) < 4.78 is 32.4. The average Bonchev–Trinajstić information content (AvgIpc) is 3.74. The van der Waals surface area contributed by atoms with Gasteiger partial charge < -0.3 is 53.7 Å². The number of nitrogens with one attached hydrogen (secondary N) is 8. The molecule has 0 bridgehead atoms. The Kier molecular flexibility index (Phi) is 22.5. The molecule has 3 aromatic carbocycles. The molecule has 0 saturated carbocycles. The minimum atomic E-state index is -4.49. The van der Waals surface area contributed by atoms with Crippen LogP contribution in [0.25, 0.3) is 10.9 Å². The van der Waals surface area contributed by atoms with E-state index in [9.17, 15) is 56.1 Å². The molecule has 1 aromatic heterocycles. The smallest absolute Gasteiger partial charge is 0.294 e. The van der Waals surface area contributed by atoms with Crippen molar-refractivity contribution in [2.45, 2.75) is 86.6 Å². The summed E-state index contributed by atoms with van der Waals surface area (Å²) in [6.07, 6.45) is 4.44. The number of aromatic nitrogens is 1. The fourth-order valence-corrected chi connectivity index (χ4v) is 8.76. The van der Waals surface area contributed by atoms with Crippen LogP contribution in [0.5, 0.6) is 0 Å². The molecule has 72 heavy (non-hydrogen) atoms. The zero-order chi connectivity index (χ0) is 53.0. The van der Waals surface area contributed by atoms with Crippen molar-refractivity contribution in [2.75, 3.05) is 30.6 Å². The number of rotatable bonds is 29. The minimum Gasteiger partial charge on any atom is -0.370 e. The lowest BCUT2D eigenvalue weighted by Gasteiger charge is -2.26. The van der Waals surface area contributed by atoms with Gasteiger partial charge in [0.15, 0.2) is 0 Å². The van der Waals surface area contributed by atoms with Crippen LogP contribution in [0, 0.1) is 0 Å². The number of hydrogen-bond donors (Lipinski definition) is 11. The predicted octanol–water partition coefficient (Wildman–Crippen LogP) is -0.646. The van der Waals surface area contributed by atoms with E-state index in [-0.39, 0.29) is 37.0 Å². The van der Waals surface area contributed by atoms with Crippen LogP contribution in [0.4, 0.5) is 0 Å². The second-order valence-corrected chi connectivity index (χ2v) is 19.9. The first kappa shape index (κ1) is 57.6. The summed E-state index contributed by atoms with van der Waals surface area (Å²) >= 11 is 2.73. The third-order valence-electron chi connectivity index (χ3n) is 11.0. The Morgan fingerprint density at radius 3 is 1.67 bits per heavy atom. The van der Waals surface area contributed by atoms with Crippen LogP contribution in [0.15, 0.2) is 90.0 Å². The third-order valence-corrected chi connectivity index (χ3v) is 13.2. The topological polar surface area (TPSA) is 360 Å². The molecule has 22 nitrogen and oxygen atoms in total. The molecule has 388 valence electrons. The van der Waals surface area contributed by atoms with Crippen molar-refractivity contribution in [2.24, 2.45) is 11.5 Å². The molecule has 4 aromatic rings. The van der Waals surface area contributed by atoms with E-state index in [0.717, 1.165) is 23.0 Å². The number of hydrogen-bond acceptors (Lipinski definition) is 13. The van der Waals surface area contributed by atoms with E-state index in [4.69, 9.17) is 11.5 Å². The number of carbonyl (C=O) groups excluding carboxylic acids is 9. The predicted molar refractivity (Wildman–Crippen MR) is 271 cm³/mol. The normalized spacial score (nSPS) is 13.7. The maximum atomic E-state index is 14.3. The molecule has 4 rings (SSSR count). The molecule has 0 aliphatic rings. The summed E-state index contributed by atoms with van der Waals surface area (Å²) in [5.74, 6) is -6.67. The summed E-state index contributed by atoms with van der Waals surface area (Å²) in [5, 5.41) is 18.6. The Balaban J connectivity index is 1.51. The molecule has 0 fully saturated rings. The second-order valence-electron chi connectivity index (χ2n) is 16.5. The molecule has 0 spiro atoms. The molecular formula is C47H60N10O12S3. The summed E-state index contributed by atoms with van der Waals surface area (Å²) in [7, 11) is -4.49. The molecule has 25 heteroatoms. The third kappa shape index (κ3) is 18.7. The fraction of sp³-hybridized carbons (Fsp3) is 0.383. The van der Waals surface area contributed by atoms with E-state index >= 15 is 0 Å². The molecule has 1 heterocycles. The highest BCUT2D eigenvalue weighted by Gasteiger charge is 2.33. The van der Waals surface area contributed by atoms with E-state index < -0.39 is 112 Å². The van der Waals surface area contributed by atoms with Gasteiger partial charge in [-0.05, 0) is 71.7 Å². The monoisotopic (exact) mass is 1050 g/mol. The molecule has 13 N–H and O–H groups in total. The van der Waals surface area contributed by atoms with Crippen LogP contribution in [-0.4, -0.2) is 138 Å². The van der Waals surface area contributed by atoms with Crippen LogP contribution in [0.3, 0.4) is 0 Å². The van der Waals surface area contributed by atoms with Gasteiger partial charge in [-0.25, -0.2) is 0 Å². The molecule has 0 aliphatic carbocycles. The number of thioether (sulfide) groups is 2. The van der Waals surface area contributed by atoms with E-state index in [1.54, 1.807) is 67.2 Å². The standard InChI is InChI=1S/C47H60N10O12S3/c1-27(58)52-37(22-29-13-15-31(16-14-29)72(67,68)69)45(64)54-34(17-19-70-2)43(62)51-26-41(60)53-38(23-30-25-50-33-12-8-7-11-32(30)33)46(65)55-35(18-20-71-3)44(63)57-39(24-40(48)59)47(66)56-36(42(49)61)21-28-9-5-4-6-10-28/h4-16,25,34-39,50H,17-24,26H2,1-3H3,(H2,48,59)(H2,49,61)(H,51,62)(H,52,58)(H,53,60)(H,54,64)(H,55,65)(H,56,66)(H,57,63)(H,67,68,69)/t34-,35-,36-,37-,38-,39-/m0/s1. The van der Waals surface area contributed by atoms with Crippen molar-refractivity contribution in [1.82, 2.24) is 42.2 Å². The van der Waals surface area contributed by atoms with Crippen molar-refractivity contribution < 1.29 is 56.1 Å². The first-order chi connectivity index (χ1) is 34.2. The van der Waals surface area contributed by atoms with Gasteiger partial charge in [0.05, 0.1) is 17.9 Å². The molecule has 0 saturated heterocycles. The van der Waals surface area contributed by atoms with Crippen molar-refractivity contribution in [3.05, 3.63) is 102 Å². The largest absolute Gasteiger partial charge is 0.370 e. The SMILES string of the molecule is CSCC[C@H](NC(=O)[C@H](Cc1ccc(S(=O)(=O)O)cc1)NC(C)=O)C(=O)NCC(=O)N[C@@H](Cc1c[nH]c2ccccc12)C(=O)N[C@@H](CCSC)C(=O)N[C@@H](CC(N)=O)C(=O)N[C@@H](Cc1ccccc1)C(N)=O.